The Kier molecular flexibility index (Phi) is 2.51. The van der Waals surface area contributed by atoms with Crippen LogP contribution in [0.2, 0.25) is 0 Å². The number of hydrogen-bond acceptors (Lipinski definition) is 1. The average Bonchev–Trinajstić information content (AvgIpc) is 2.34. The summed E-state index contributed by atoms with van der Waals surface area (Å²) in [5, 5.41) is 3.32. The van der Waals surface area contributed by atoms with Gasteiger partial charge in [0.15, 0.2) is 0 Å². The van der Waals surface area contributed by atoms with Gasteiger partial charge in [0.2, 0.25) is 0 Å². The number of aromatic nitrogens is 1. The average molecular weight is 138 g/mol. The number of rotatable bonds is 3. The van der Waals surface area contributed by atoms with E-state index in [1.165, 1.54) is 5.69 Å². The topological polar surface area (TPSA) is 27.8 Å². The highest BCUT2D eigenvalue weighted by Gasteiger charge is 1.92. The van der Waals surface area contributed by atoms with Crippen LogP contribution in [0.5, 0.6) is 0 Å². The zero-order chi connectivity index (χ0) is 7.40. The molecule has 0 radical (unpaired) electrons. The molecule has 10 heavy (non-hydrogen) atoms. The first-order valence-electron chi connectivity index (χ1n) is 3.64. The predicted octanol–water partition coefficient (Wildman–Crippen LogP) is 1.51. The molecule has 0 aliphatic carbocycles. The quantitative estimate of drug-likeness (QED) is 0.651. The van der Waals surface area contributed by atoms with Crippen LogP contribution in [0.3, 0.4) is 0 Å². The smallest absolute Gasteiger partial charge is 0.0359 e. The molecule has 0 fully saturated rings. The van der Waals surface area contributed by atoms with Crippen LogP contribution in [0, 0.1) is 0 Å². The fourth-order valence-electron chi connectivity index (χ4n) is 0.792. The maximum atomic E-state index is 3.32. The maximum Gasteiger partial charge on any atom is 0.0359 e. The summed E-state index contributed by atoms with van der Waals surface area (Å²) in [4.78, 5) is 3.13. The van der Waals surface area contributed by atoms with Gasteiger partial charge in [-0.1, -0.05) is 13.8 Å². The third kappa shape index (κ3) is 2.23. The summed E-state index contributed by atoms with van der Waals surface area (Å²) in [6, 6.07) is 4.65. The fourth-order valence-corrected chi connectivity index (χ4v) is 0.792. The highest BCUT2D eigenvalue weighted by molar-refractivity contribution is 5.02. The molecule has 0 unspecified atom stereocenters. The van der Waals surface area contributed by atoms with Gasteiger partial charge in [-0.05, 0) is 12.1 Å². The summed E-state index contributed by atoms with van der Waals surface area (Å²) in [6.45, 7) is 5.22. The molecule has 2 N–H and O–H groups in total. The van der Waals surface area contributed by atoms with E-state index in [4.69, 9.17) is 0 Å². The molecule has 2 heteroatoms. The van der Waals surface area contributed by atoms with Crippen LogP contribution < -0.4 is 5.32 Å². The van der Waals surface area contributed by atoms with E-state index in [-0.39, 0.29) is 0 Å². The van der Waals surface area contributed by atoms with Crippen molar-refractivity contribution in [2.24, 2.45) is 0 Å². The Balaban J connectivity index is 2.28. The van der Waals surface area contributed by atoms with Gasteiger partial charge >= 0.3 is 0 Å². The van der Waals surface area contributed by atoms with E-state index in [2.05, 4.69) is 30.2 Å². The molecule has 0 atom stereocenters. The van der Waals surface area contributed by atoms with Crippen LogP contribution in [0.4, 0.5) is 0 Å². The van der Waals surface area contributed by atoms with E-state index in [0.717, 1.165) is 6.54 Å². The largest absolute Gasteiger partial charge is 0.364 e. The lowest BCUT2D eigenvalue weighted by molar-refractivity contribution is 0.583. The second kappa shape index (κ2) is 3.42. The van der Waals surface area contributed by atoms with Gasteiger partial charge in [-0.3, -0.25) is 0 Å². The van der Waals surface area contributed by atoms with Crippen molar-refractivity contribution >= 4 is 0 Å². The molecule has 1 heterocycles. The first-order chi connectivity index (χ1) is 4.79. The van der Waals surface area contributed by atoms with Crippen molar-refractivity contribution in [3.8, 4) is 0 Å². The van der Waals surface area contributed by atoms with Gasteiger partial charge in [-0.15, -0.1) is 0 Å². The molecule has 0 aliphatic rings. The Morgan fingerprint density at radius 1 is 1.60 bits per heavy atom. The molecule has 2 nitrogen and oxygen atoms in total. The van der Waals surface area contributed by atoms with E-state index in [1.807, 2.05) is 12.3 Å². The lowest BCUT2D eigenvalue weighted by Crippen LogP contribution is -2.21. The van der Waals surface area contributed by atoms with Crippen LogP contribution in [-0.2, 0) is 6.54 Å². The summed E-state index contributed by atoms with van der Waals surface area (Å²) >= 11 is 0. The van der Waals surface area contributed by atoms with E-state index in [9.17, 15) is 0 Å². The van der Waals surface area contributed by atoms with Gasteiger partial charge in [0.05, 0.1) is 0 Å². The van der Waals surface area contributed by atoms with Crippen molar-refractivity contribution < 1.29 is 0 Å². The first-order valence-corrected chi connectivity index (χ1v) is 3.64. The minimum Gasteiger partial charge on any atom is -0.364 e. The Hall–Kier alpha value is -0.760. The lowest BCUT2D eigenvalue weighted by atomic mass is 10.3. The normalized spacial score (nSPS) is 10.7. The predicted molar refractivity (Wildman–Crippen MR) is 42.8 cm³/mol. The molecule has 0 bridgehead atoms. The molecule has 0 saturated heterocycles. The molecule has 0 saturated carbocycles. The molecule has 1 aromatic rings. The van der Waals surface area contributed by atoms with Crippen molar-refractivity contribution in [3.05, 3.63) is 24.0 Å². The van der Waals surface area contributed by atoms with Crippen LogP contribution >= 0.6 is 0 Å². The van der Waals surface area contributed by atoms with Crippen molar-refractivity contribution in [2.75, 3.05) is 0 Å². The van der Waals surface area contributed by atoms with Gasteiger partial charge in [0.25, 0.3) is 0 Å². The second-order valence-electron chi connectivity index (χ2n) is 2.73. The Labute approximate surface area is 61.7 Å². The summed E-state index contributed by atoms with van der Waals surface area (Å²) in [6.07, 6.45) is 1.94. The molecular formula is C8H14N2. The van der Waals surface area contributed by atoms with Crippen LogP contribution in [0.1, 0.15) is 19.5 Å². The molecule has 0 aliphatic heterocycles. The van der Waals surface area contributed by atoms with E-state index < -0.39 is 0 Å². The van der Waals surface area contributed by atoms with Gasteiger partial charge in [-0.2, -0.15) is 0 Å². The minimum atomic E-state index is 0.559. The highest BCUT2D eigenvalue weighted by Crippen LogP contribution is 1.93. The summed E-state index contributed by atoms with van der Waals surface area (Å²) in [5.74, 6) is 0. The lowest BCUT2D eigenvalue weighted by Gasteiger charge is -2.05. The fraction of sp³-hybridized carbons (Fsp3) is 0.500. The monoisotopic (exact) mass is 138 g/mol. The first kappa shape index (κ1) is 7.35. The second-order valence-corrected chi connectivity index (χ2v) is 2.73. The molecule has 1 rings (SSSR count). The van der Waals surface area contributed by atoms with Gasteiger partial charge in [0, 0.05) is 24.5 Å². The molecule has 0 aromatic carbocycles. The summed E-state index contributed by atoms with van der Waals surface area (Å²) in [5.41, 5.74) is 1.24. The SMILES string of the molecule is CC(C)NCc1ccc[nH]1. The number of nitrogens with one attached hydrogen (secondary N) is 2. The van der Waals surface area contributed by atoms with Crippen LogP contribution in [-0.4, -0.2) is 11.0 Å². The van der Waals surface area contributed by atoms with Crippen molar-refractivity contribution in [1.29, 1.82) is 0 Å². The number of aromatic amines is 1. The van der Waals surface area contributed by atoms with Crippen LogP contribution in [0.25, 0.3) is 0 Å². The van der Waals surface area contributed by atoms with Crippen LogP contribution in [0.15, 0.2) is 18.3 Å². The Morgan fingerprint density at radius 2 is 2.40 bits per heavy atom. The zero-order valence-electron chi connectivity index (χ0n) is 6.52. The number of hydrogen-bond donors (Lipinski definition) is 2. The van der Waals surface area contributed by atoms with Crippen molar-refractivity contribution in [1.82, 2.24) is 10.3 Å². The molecular weight excluding hydrogens is 124 g/mol. The molecule has 56 valence electrons. The molecule has 0 amide bonds. The zero-order valence-corrected chi connectivity index (χ0v) is 6.52. The third-order valence-corrected chi connectivity index (χ3v) is 1.36. The van der Waals surface area contributed by atoms with E-state index in [0.29, 0.717) is 6.04 Å². The minimum absolute atomic E-state index is 0.559. The Bertz CT molecular complexity index is 165. The Morgan fingerprint density at radius 3 is 2.90 bits per heavy atom. The summed E-state index contributed by atoms with van der Waals surface area (Å²) < 4.78 is 0. The van der Waals surface area contributed by atoms with Crippen molar-refractivity contribution in [2.45, 2.75) is 26.4 Å². The molecule has 0 spiro atoms. The van der Waals surface area contributed by atoms with E-state index in [1.54, 1.807) is 0 Å². The van der Waals surface area contributed by atoms with Gasteiger partial charge in [0.1, 0.15) is 0 Å². The molecule has 1 aromatic heterocycles. The van der Waals surface area contributed by atoms with E-state index >= 15 is 0 Å². The van der Waals surface area contributed by atoms with Crippen molar-refractivity contribution in [3.63, 3.8) is 0 Å². The summed E-state index contributed by atoms with van der Waals surface area (Å²) in [7, 11) is 0. The third-order valence-electron chi connectivity index (χ3n) is 1.36. The number of H-pyrrole nitrogens is 1. The maximum absolute atomic E-state index is 3.32. The standard InChI is InChI=1S/C8H14N2/c1-7(2)10-6-8-4-3-5-9-8/h3-5,7,9-10H,6H2,1-2H3. The highest BCUT2D eigenvalue weighted by atomic mass is 14.9. The van der Waals surface area contributed by atoms with Gasteiger partial charge in [-0.25, -0.2) is 0 Å². The van der Waals surface area contributed by atoms with Gasteiger partial charge < -0.3 is 10.3 Å².